The lowest BCUT2D eigenvalue weighted by atomic mass is 9.67. The van der Waals surface area contributed by atoms with Crippen LogP contribution in [0.25, 0.3) is 38.6 Å². The summed E-state index contributed by atoms with van der Waals surface area (Å²) in [6.45, 7) is 4.62. The minimum absolute atomic E-state index is 0.286. The summed E-state index contributed by atoms with van der Waals surface area (Å²) in [7, 11) is 0. The second kappa shape index (κ2) is 13.5. The molecule has 0 atom stereocenters. The molecule has 0 saturated heterocycles. The van der Waals surface area contributed by atoms with E-state index in [0.29, 0.717) is 0 Å². The number of hydrogen-bond donors (Lipinski definition) is 0. The zero-order valence-electron chi connectivity index (χ0n) is 34.1. The monoisotopic (exact) mass is 782 g/mol. The quantitative estimate of drug-likeness (QED) is 0.167. The van der Waals surface area contributed by atoms with E-state index in [-0.39, 0.29) is 5.41 Å². The lowest BCUT2D eigenvalue weighted by molar-refractivity contribution is 0.418. The molecule has 3 nitrogen and oxygen atoms in total. The summed E-state index contributed by atoms with van der Waals surface area (Å²) >= 11 is 0. The van der Waals surface area contributed by atoms with Crippen LogP contribution in [0.2, 0.25) is 0 Å². The average molecular weight is 783 g/mol. The minimum Gasteiger partial charge on any atom is -0.457 e. The van der Waals surface area contributed by atoms with E-state index >= 15 is 0 Å². The normalized spacial score (nSPS) is 14.1. The summed E-state index contributed by atoms with van der Waals surface area (Å²) in [5, 5.41) is 2.45. The molecule has 0 fully saturated rings. The molecule has 0 radical (unpaired) electrons. The third kappa shape index (κ3) is 5.17. The summed E-state index contributed by atoms with van der Waals surface area (Å²) in [6, 6.07) is 79.8. The Labute approximate surface area is 356 Å². The van der Waals surface area contributed by atoms with Gasteiger partial charge in [0.1, 0.15) is 11.5 Å². The predicted molar refractivity (Wildman–Crippen MR) is 251 cm³/mol. The van der Waals surface area contributed by atoms with Crippen LogP contribution in [0, 0.1) is 0 Å². The molecule has 0 N–H and O–H groups in total. The summed E-state index contributed by atoms with van der Waals surface area (Å²) in [5.74, 6) is 1.81. The molecule has 0 amide bonds. The molecule has 12 rings (SSSR count). The van der Waals surface area contributed by atoms with Crippen molar-refractivity contribution in [3.05, 3.63) is 252 Å². The maximum absolute atomic E-state index is 6.61. The third-order valence-corrected chi connectivity index (χ3v) is 13.3. The number of hydrogen-bond acceptors (Lipinski definition) is 2. The van der Waals surface area contributed by atoms with E-state index in [4.69, 9.17) is 4.74 Å². The second-order valence-corrected chi connectivity index (χ2v) is 16.9. The molecule has 3 heteroatoms. The van der Waals surface area contributed by atoms with Gasteiger partial charge in [-0.2, -0.15) is 0 Å². The maximum atomic E-state index is 6.61. The van der Waals surface area contributed by atoms with Crippen LogP contribution in [0.1, 0.15) is 47.2 Å². The highest BCUT2D eigenvalue weighted by Crippen LogP contribution is 2.57. The van der Waals surface area contributed by atoms with Crippen molar-refractivity contribution in [1.29, 1.82) is 0 Å². The van der Waals surface area contributed by atoms with Crippen LogP contribution in [-0.4, -0.2) is 4.57 Å². The first-order valence-corrected chi connectivity index (χ1v) is 21.2. The Hall–Kier alpha value is -7.62. The highest BCUT2D eigenvalue weighted by molar-refractivity contribution is 6.10. The third-order valence-electron chi connectivity index (χ3n) is 13.3. The van der Waals surface area contributed by atoms with Gasteiger partial charge in [0.15, 0.2) is 0 Å². The van der Waals surface area contributed by atoms with Crippen molar-refractivity contribution >= 4 is 38.9 Å². The Bertz CT molecular complexity index is 3280. The number of ether oxygens (including phenoxy) is 1. The van der Waals surface area contributed by atoms with Gasteiger partial charge in [0.2, 0.25) is 0 Å². The molecule has 1 aliphatic heterocycles. The van der Waals surface area contributed by atoms with E-state index in [1.807, 2.05) is 0 Å². The molecular weight excluding hydrogens is 741 g/mol. The number of rotatable bonds is 6. The van der Waals surface area contributed by atoms with Gasteiger partial charge in [-0.05, 0) is 100 Å². The van der Waals surface area contributed by atoms with Crippen molar-refractivity contribution in [3.8, 4) is 28.3 Å². The Morgan fingerprint density at radius 2 is 0.951 bits per heavy atom. The summed E-state index contributed by atoms with van der Waals surface area (Å²) in [4.78, 5) is 2.44. The number of benzene rings is 9. The van der Waals surface area contributed by atoms with Gasteiger partial charge in [0.05, 0.1) is 16.4 Å². The molecule has 290 valence electrons. The highest BCUT2D eigenvalue weighted by Gasteiger charge is 2.46. The number of anilines is 3. The Morgan fingerprint density at radius 3 is 1.72 bits per heavy atom. The van der Waals surface area contributed by atoms with Crippen molar-refractivity contribution in [1.82, 2.24) is 4.57 Å². The Kier molecular flexibility index (Phi) is 7.79. The van der Waals surface area contributed by atoms with E-state index in [1.165, 1.54) is 55.2 Å². The maximum Gasteiger partial charge on any atom is 0.131 e. The zero-order chi connectivity index (χ0) is 40.7. The molecule has 0 spiro atoms. The molecule has 61 heavy (non-hydrogen) atoms. The van der Waals surface area contributed by atoms with Gasteiger partial charge in [-0.15, -0.1) is 0 Å². The number of para-hydroxylation sites is 3. The molecule has 10 aromatic rings. The van der Waals surface area contributed by atoms with Crippen molar-refractivity contribution in [2.45, 2.75) is 24.7 Å². The minimum atomic E-state index is -0.533. The van der Waals surface area contributed by atoms with E-state index in [9.17, 15) is 0 Å². The van der Waals surface area contributed by atoms with Gasteiger partial charge in [-0.1, -0.05) is 166 Å². The van der Waals surface area contributed by atoms with Gasteiger partial charge in [-0.25, -0.2) is 0 Å². The fourth-order valence-corrected chi connectivity index (χ4v) is 10.6. The average Bonchev–Trinajstić information content (AvgIpc) is 3.81. The molecule has 0 unspecified atom stereocenters. The van der Waals surface area contributed by atoms with Gasteiger partial charge in [0.25, 0.3) is 0 Å². The van der Waals surface area contributed by atoms with Gasteiger partial charge >= 0.3 is 0 Å². The molecule has 2 aliphatic rings. The summed E-state index contributed by atoms with van der Waals surface area (Å²) in [6.07, 6.45) is 0. The Morgan fingerprint density at radius 1 is 0.393 bits per heavy atom. The van der Waals surface area contributed by atoms with Gasteiger partial charge < -0.3 is 14.2 Å². The molecule has 0 saturated carbocycles. The smallest absolute Gasteiger partial charge is 0.131 e. The summed E-state index contributed by atoms with van der Waals surface area (Å²) in [5.41, 5.74) is 15.8. The van der Waals surface area contributed by atoms with Crippen molar-refractivity contribution in [3.63, 3.8) is 0 Å². The molecule has 1 aliphatic carbocycles. The van der Waals surface area contributed by atoms with Crippen LogP contribution in [-0.2, 0) is 10.8 Å². The zero-order valence-corrected chi connectivity index (χ0v) is 34.1. The number of aromatic nitrogens is 1. The molecular formula is C58H42N2O. The second-order valence-electron chi connectivity index (χ2n) is 16.9. The van der Waals surface area contributed by atoms with E-state index in [2.05, 4.69) is 242 Å². The fraction of sp³-hybridized carbons (Fsp3) is 0.0690. The molecule has 2 heterocycles. The van der Waals surface area contributed by atoms with Crippen LogP contribution >= 0.6 is 0 Å². The molecule has 1 aromatic heterocycles. The highest BCUT2D eigenvalue weighted by atomic mass is 16.5. The van der Waals surface area contributed by atoms with Crippen LogP contribution in [0.15, 0.2) is 218 Å². The lowest BCUT2D eigenvalue weighted by Crippen LogP contribution is -2.29. The predicted octanol–water partition coefficient (Wildman–Crippen LogP) is 15.0. The first kappa shape index (κ1) is 35.3. The number of nitrogens with zero attached hydrogens (tertiary/aromatic N) is 2. The van der Waals surface area contributed by atoms with E-state index < -0.39 is 5.41 Å². The Balaban J connectivity index is 1.13. The number of fused-ring (bicyclic) bond motifs is 8. The van der Waals surface area contributed by atoms with Crippen LogP contribution in [0.4, 0.5) is 17.1 Å². The van der Waals surface area contributed by atoms with Crippen LogP contribution in [0.3, 0.4) is 0 Å². The van der Waals surface area contributed by atoms with Crippen LogP contribution < -0.4 is 9.64 Å². The van der Waals surface area contributed by atoms with Gasteiger partial charge in [-0.3, -0.25) is 0 Å². The fourth-order valence-electron chi connectivity index (χ4n) is 10.6. The largest absolute Gasteiger partial charge is 0.457 e. The van der Waals surface area contributed by atoms with Gasteiger partial charge in [0, 0.05) is 50.1 Å². The lowest BCUT2D eigenvalue weighted by Gasteiger charge is -2.37. The molecule has 9 aromatic carbocycles. The first-order valence-electron chi connectivity index (χ1n) is 21.2. The first-order chi connectivity index (χ1) is 30.0. The van der Waals surface area contributed by atoms with Crippen molar-refractivity contribution in [2.24, 2.45) is 0 Å². The standard InChI is InChI=1S/C58H42N2O/c1-57(2)51-29-14-16-31-55(51)61-56-35-33-43(37-52(56)57)59(44-32-34-48-47-26-11-15-30-53(47)60(54(48)38-44)41-21-7-4-8-22-41)42-23-17-20-40(36-42)58(39-18-5-3-6-19-39)49-27-12-9-24-45(49)46-25-10-13-28-50(46)58/h3-38H,1-2H3. The van der Waals surface area contributed by atoms with Crippen molar-refractivity contribution in [2.75, 3.05) is 4.90 Å². The SMILES string of the molecule is CC1(C)c2ccccc2Oc2ccc(N(c3cccc(C4(c5ccccc5)c5ccccc5-c5ccccc54)c3)c3ccc4c5ccccc5n(-c5ccccc5)c4c3)cc21. The topological polar surface area (TPSA) is 17.4 Å². The van der Waals surface area contributed by atoms with Crippen molar-refractivity contribution < 1.29 is 4.74 Å². The van der Waals surface area contributed by atoms with Crippen LogP contribution in [0.5, 0.6) is 11.5 Å². The van der Waals surface area contributed by atoms with E-state index in [1.54, 1.807) is 0 Å². The summed E-state index contributed by atoms with van der Waals surface area (Å²) < 4.78 is 9.01. The molecule has 0 bridgehead atoms. The van der Waals surface area contributed by atoms with E-state index in [0.717, 1.165) is 45.3 Å².